The van der Waals surface area contributed by atoms with Crippen LogP contribution in [0.2, 0.25) is 0 Å². The second-order valence-electron chi connectivity index (χ2n) is 4.55. The summed E-state index contributed by atoms with van der Waals surface area (Å²) in [7, 11) is 0. The number of nitrogens with zero attached hydrogens (tertiary/aromatic N) is 1. The van der Waals surface area contributed by atoms with Gasteiger partial charge in [-0.2, -0.15) is 0 Å². The third kappa shape index (κ3) is 3.84. The van der Waals surface area contributed by atoms with Crippen molar-refractivity contribution in [1.82, 2.24) is 15.5 Å². The second-order valence-corrected chi connectivity index (χ2v) is 4.55. The molecule has 6 nitrogen and oxygen atoms in total. The van der Waals surface area contributed by atoms with Crippen molar-refractivity contribution in [3.05, 3.63) is 23.8 Å². The van der Waals surface area contributed by atoms with Gasteiger partial charge < -0.3 is 20.8 Å². The van der Waals surface area contributed by atoms with Gasteiger partial charge in [0, 0.05) is 45.3 Å². The molecular formula is C13H19N3O3. The molecule has 1 aliphatic heterocycles. The van der Waals surface area contributed by atoms with E-state index in [9.17, 15) is 9.90 Å². The Balaban J connectivity index is 1.80. The summed E-state index contributed by atoms with van der Waals surface area (Å²) in [4.78, 5) is 14.1. The summed E-state index contributed by atoms with van der Waals surface area (Å²) in [6.45, 7) is 5.27. The molecule has 0 aromatic heterocycles. The van der Waals surface area contributed by atoms with Crippen LogP contribution in [0.4, 0.5) is 0 Å². The molecule has 19 heavy (non-hydrogen) atoms. The molecule has 1 saturated heterocycles. The Bertz CT molecular complexity index is 445. The lowest BCUT2D eigenvalue weighted by Crippen LogP contribution is -2.46. The first-order valence-corrected chi connectivity index (χ1v) is 6.40. The Labute approximate surface area is 112 Å². The average Bonchev–Trinajstić information content (AvgIpc) is 2.39. The maximum atomic E-state index is 11.8. The minimum atomic E-state index is -0.326. The van der Waals surface area contributed by atoms with Crippen molar-refractivity contribution in [3.8, 4) is 11.5 Å². The lowest BCUT2D eigenvalue weighted by molar-refractivity contribution is 0.0944. The second kappa shape index (κ2) is 6.40. The molecule has 0 unspecified atom stereocenters. The topological polar surface area (TPSA) is 84.8 Å². The summed E-state index contributed by atoms with van der Waals surface area (Å²) in [5, 5.41) is 24.8. The molecule has 0 saturated carbocycles. The smallest absolute Gasteiger partial charge is 0.255 e. The first kappa shape index (κ1) is 13.6. The normalized spacial score (nSPS) is 16.2. The van der Waals surface area contributed by atoms with E-state index >= 15 is 0 Å². The third-order valence-corrected chi connectivity index (χ3v) is 3.15. The number of aromatic hydroxyl groups is 2. The highest BCUT2D eigenvalue weighted by molar-refractivity contribution is 5.96. The van der Waals surface area contributed by atoms with Gasteiger partial charge in [-0.3, -0.25) is 9.69 Å². The van der Waals surface area contributed by atoms with E-state index in [1.54, 1.807) is 0 Å². The number of hydrogen-bond acceptors (Lipinski definition) is 5. The van der Waals surface area contributed by atoms with E-state index in [1.807, 2.05) is 0 Å². The van der Waals surface area contributed by atoms with Gasteiger partial charge in [0.15, 0.2) is 0 Å². The SMILES string of the molecule is O=C(NCCN1CCNCC1)c1ccc(O)cc1O. The van der Waals surface area contributed by atoms with E-state index in [0.29, 0.717) is 6.54 Å². The first-order valence-electron chi connectivity index (χ1n) is 6.40. The molecule has 0 bridgehead atoms. The molecule has 104 valence electrons. The molecule has 6 heteroatoms. The van der Waals surface area contributed by atoms with Crippen LogP contribution in [-0.4, -0.2) is 60.3 Å². The maximum absolute atomic E-state index is 11.8. The molecule has 1 fully saturated rings. The molecule has 1 aromatic rings. The Hall–Kier alpha value is -1.79. The van der Waals surface area contributed by atoms with Gasteiger partial charge in [-0.1, -0.05) is 0 Å². The van der Waals surface area contributed by atoms with E-state index in [2.05, 4.69) is 15.5 Å². The Morgan fingerprint density at radius 2 is 2.05 bits per heavy atom. The summed E-state index contributed by atoms with van der Waals surface area (Å²) in [6, 6.07) is 3.95. The zero-order valence-electron chi connectivity index (χ0n) is 10.7. The summed E-state index contributed by atoms with van der Waals surface area (Å²) in [5.74, 6) is -0.595. The van der Waals surface area contributed by atoms with Crippen LogP contribution < -0.4 is 10.6 Å². The van der Waals surface area contributed by atoms with Crippen LogP contribution in [0, 0.1) is 0 Å². The minimum Gasteiger partial charge on any atom is -0.508 e. The highest BCUT2D eigenvalue weighted by Crippen LogP contribution is 2.22. The summed E-state index contributed by atoms with van der Waals surface area (Å²) >= 11 is 0. The van der Waals surface area contributed by atoms with Crippen molar-refractivity contribution in [2.45, 2.75) is 0 Å². The fourth-order valence-corrected chi connectivity index (χ4v) is 2.07. The molecule has 0 atom stereocenters. The molecule has 1 heterocycles. The molecule has 0 aliphatic carbocycles. The number of phenolic OH excluding ortho intramolecular Hbond substituents is 2. The molecule has 0 radical (unpaired) electrons. The van der Waals surface area contributed by atoms with Crippen LogP contribution in [0.3, 0.4) is 0 Å². The minimum absolute atomic E-state index is 0.0603. The van der Waals surface area contributed by atoms with E-state index in [1.165, 1.54) is 12.1 Å². The summed E-state index contributed by atoms with van der Waals surface area (Å²) in [5.41, 5.74) is 0.179. The molecule has 1 amide bonds. The number of carbonyl (C=O) groups excluding carboxylic acids is 1. The van der Waals surface area contributed by atoms with Gasteiger partial charge in [-0.25, -0.2) is 0 Å². The fraction of sp³-hybridized carbons (Fsp3) is 0.462. The lowest BCUT2D eigenvalue weighted by Gasteiger charge is -2.27. The van der Waals surface area contributed by atoms with Crippen molar-refractivity contribution in [1.29, 1.82) is 0 Å². The van der Waals surface area contributed by atoms with E-state index in [0.717, 1.165) is 38.8 Å². The van der Waals surface area contributed by atoms with E-state index < -0.39 is 0 Å². The molecule has 0 spiro atoms. The zero-order chi connectivity index (χ0) is 13.7. The molecule has 4 N–H and O–H groups in total. The highest BCUT2D eigenvalue weighted by atomic mass is 16.3. The number of benzene rings is 1. The van der Waals surface area contributed by atoms with Crippen LogP contribution in [-0.2, 0) is 0 Å². The van der Waals surface area contributed by atoms with Gasteiger partial charge in [0.1, 0.15) is 11.5 Å². The van der Waals surface area contributed by atoms with E-state index in [4.69, 9.17) is 5.11 Å². The largest absolute Gasteiger partial charge is 0.508 e. The molecule has 1 aromatic carbocycles. The molecule has 2 rings (SSSR count). The van der Waals surface area contributed by atoms with Gasteiger partial charge in [-0.05, 0) is 12.1 Å². The van der Waals surface area contributed by atoms with Crippen molar-refractivity contribution >= 4 is 5.91 Å². The predicted octanol–water partition coefficient (Wildman–Crippen LogP) is -0.267. The van der Waals surface area contributed by atoms with Crippen molar-refractivity contribution in [2.24, 2.45) is 0 Å². The van der Waals surface area contributed by atoms with Gasteiger partial charge >= 0.3 is 0 Å². The quantitative estimate of drug-likeness (QED) is 0.602. The van der Waals surface area contributed by atoms with Crippen LogP contribution >= 0.6 is 0 Å². The van der Waals surface area contributed by atoms with Crippen LogP contribution in [0.15, 0.2) is 18.2 Å². The van der Waals surface area contributed by atoms with Gasteiger partial charge in [0.05, 0.1) is 5.56 Å². The van der Waals surface area contributed by atoms with Crippen LogP contribution in [0.1, 0.15) is 10.4 Å². The van der Waals surface area contributed by atoms with E-state index in [-0.39, 0.29) is 23.0 Å². The number of amides is 1. The standard InChI is InChI=1S/C13H19N3O3/c17-10-1-2-11(12(18)9-10)13(19)15-5-8-16-6-3-14-4-7-16/h1-2,9,14,17-18H,3-8H2,(H,15,19). The number of carbonyl (C=O) groups is 1. The van der Waals surface area contributed by atoms with Gasteiger partial charge in [0.25, 0.3) is 5.91 Å². The van der Waals surface area contributed by atoms with Crippen molar-refractivity contribution < 1.29 is 15.0 Å². The fourth-order valence-electron chi connectivity index (χ4n) is 2.07. The molecular weight excluding hydrogens is 246 g/mol. The Morgan fingerprint density at radius 1 is 1.32 bits per heavy atom. The molecule has 1 aliphatic rings. The highest BCUT2D eigenvalue weighted by Gasteiger charge is 2.13. The first-order chi connectivity index (χ1) is 9.16. The lowest BCUT2D eigenvalue weighted by atomic mass is 10.2. The Kier molecular flexibility index (Phi) is 4.59. The van der Waals surface area contributed by atoms with Crippen LogP contribution in [0.5, 0.6) is 11.5 Å². The predicted molar refractivity (Wildman–Crippen MR) is 71.4 cm³/mol. The number of piperazine rings is 1. The monoisotopic (exact) mass is 265 g/mol. The van der Waals surface area contributed by atoms with Crippen LogP contribution in [0.25, 0.3) is 0 Å². The van der Waals surface area contributed by atoms with Crippen molar-refractivity contribution in [2.75, 3.05) is 39.3 Å². The number of hydrogen-bond donors (Lipinski definition) is 4. The average molecular weight is 265 g/mol. The number of nitrogens with one attached hydrogen (secondary N) is 2. The number of rotatable bonds is 4. The number of phenols is 2. The van der Waals surface area contributed by atoms with Crippen molar-refractivity contribution in [3.63, 3.8) is 0 Å². The summed E-state index contributed by atoms with van der Waals surface area (Å²) < 4.78 is 0. The van der Waals surface area contributed by atoms with Gasteiger partial charge in [0.2, 0.25) is 0 Å². The third-order valence-electron chi connectivity index (χ3n) is 3.15. The van der Waals surface area contributed by atoms with Gasteiger partial charge in [-0.15, -0.1) is 0 Å². The maximum Gasteiger partial charge on any atom is 0.255 e. The zero-order valence-corrected chi connectivity index (χ0v) is 10.7. The summed E-state index contributed by atoms with van der Waals surface area (Å²) in [6.07, 6.45) is 0. The Morgan fingerprint density at radius 3 is 2.74 bits per heavy atom.